The number of carbonyl (C=O) groups excluding carboxylic acids is 1. The number of hydrogen-bond acceptors (Lipinski definition) is 2. The minimum Gasteiger partial charge on any atom is -0.496 e. The number of methoxy groups -OCH3 is 1. The number of amides is 2. The third-order valence-electron chi connectivity index (χ3n) is 3.86. The van der Waals surface area contributed by atoms with Crippen molar-refractivity contribution in [3.63, 3.8) is 0 Å². The molecule has 0 radical (unpaired) electrons. The second-order valence-corrected chi connectivity index (χ2v) is 5.37. The van der Waals surface area contributed by atoms with Crippen LogP contribution in [0.1, 0.15) is 31.2 Å². The summed E-state index contributed by atoms with van der Waals surface area (Å²) < 4.78 is 5.29. The topological polar surface area (TPSA) is 50.4 Å². The number of urea groups is 1. The van der Waals surface area contributed by atoms with Gasteiger partial charge in [-0.3, -0.25) is 0 Å². The molecule has 114 valence electrons. The zero-order chi connectivity index (χ0) is 14.9. The quantitative estimate of drug-likeness (QED) is 0.844. The molecule has 4 nitrogen and oxygen atoms in total. The molecule has 0 saturated heterocycles. The van der Waals surface area contributed by atoms with Crippen molar-refractivity contribution in [1.29, 1.82) is 0 Å². The van der Waals surface area contributed by atoms with Crippen LogP contribution in [0.3, 0.4) is 0 Å². The average Bonchev–Trinajstić information content (AvgIpc) is 3.01. The fourth-order valence-corrected chi connectivity index (χ4v) is 2.68. The molecule has 0 atom stereocenters. The summed E-state index contributed by atoms with van der Waals surface area (Å²) in [6.07, 6.45) is 9.73. The molecule has 0 bridgehead atoms. The van der Waals surface area contributed by atoms with Crippen molar-refractivity contribution in [3.05, 3.63) is 42.1 Å². The van der Waals surface area contributed by atoms with Crippen LogP contribution in [0, 0.1) is 5.92 Å². The molecule has 0 spiro atoms. The van der Waals surface area contributed by atoms with Crippen LogP contribution in [-0.4, -0.2) is 19.7 Å². The van der Waals surface area contributed by atoms with Crippen molar-refractivity contribution in [2.24, 2.45) is 5.92 Å². The zero-order valence-corrected chi connectivity index (χ0v) is 12.6. The lowest BCUT2D eigenvalue weighted by molar-refractivity contribution is 0.244. The van der Waals surface area contributed by atoms with Gasteiger partial charge in [-0.1, -0.05) is 37.1 Å². The molecular formula is C17H24N2O2. The molecule has 1 aliphatic carbocycles. The predicted octanol–water partition coefficient (Wildman–Crippen LogP) is 3.24. The summed E-state index contributed by atoms with van der Waals surface area (Å²) in [6, 6.07) is 7.70. The number of carbonyl (C=O) groups is 1. The largest absolute Gasteiger partial charge is 0.496 e. The lowest BCUT2D eigenvalue weighted by atomic mass is 10.1. The second kappa shape index (κ2) is 8.35. The maximum absolute atomic E-state index is 11.7. The maximum atomic E-state index is 11.7. The first kappa shape index (κ1) is 15.4. The first-order chi connectivity index (χ1) is 10.3. The summed E-state index contributed by atoms with van der Waals surface area (Å²) in [5.74, 6) is 1.50. The van der Waals surface area contributed by atoms with Gasteiger partial charge in [-0.15, -0.1) is 0 Å². The Labute approximate surface area is 126 Å². The van der Waals surface area contributed by atoms with E-state index in [-0.39, 0.29) is 6.03 Å². The van der Waals surface area contributed by atoms with Crippen molar-refractivity contribution >= 4 is 6.03 Å². The SMILES string of the molecule is COc1ccccc1CCNC(=O)N/C=C/C1CCCC1. The van der Waals surface area contributed by atoms with E-state index in [4.69, 9.17) is 4.74 Å². The Kier molecular flexibility index (Phi) is 6.13. The fraction of sp³-hybridized carbons (Fsp3) is 0.471. The summed E-state index contributed by atoms with van der Waals surface area (Å²) >= 11 is 0. The van der Waals surface area contributed by atoms with Crippen LogP contribution < -0.4 is 15.4 Å². The molecule has 1 fully saturated rings. The Hall–Kier alpha value is -1.97. The molecule has 0 aromatic heterocycles. The molecule has 2 N–H and O–H groups in total. The van der Waals surface area contributed by atoms with Crippen LogP contribution in [0.15, 0.2) is 36.5 Å². The predicted molar refractivity (Wildman–Crippen MR) is 84.3 cm³/mol. The lowest BCUT2D eigenvalue weighted by Crippen LogP contribution is -2.33. The highest BCUT2D eigenvalue weighted by Gasteiger charge is 2.11. The van der Waals surface area contributed by atoms with Crippen LogP contribution in [0.2, 0.25) is 0 Å². The van der Waals surface area contributed by atoms with Crippen LogP contribution in [0.5, 0.6) is 5.75 Å². The molecule has 1 aliphatic rings. The Morgan fingerprint density at radius 1 is 1.33 bits per heavy atom. The number of benzene rings is 1. The van der Waals surface area contributed by atoms with E-state index in [1.54, 1.807) is 13.3 Å². The fourth-order valence-electron chi connectivity index (χ4n) is 2.68. The number of allylic oxidation sites excluding steroid dienone is 1. The van der Waals surface area contributed by atoms with Crippen molar-refractivity contribution in [2.45, 2.75) is 32.1 Å². The molecular weight excluding hydrogens is 264 g/mol. The number of rotatable bonds is 6. The van der Waals surface area contributed by atoms with Gasteiger partial charge in [-0.25, -0.2) is 4.79 Å². The first-order valence-corrected chi connectivity index (χ1v) is 7.62. The number of nitrogens with one attached hydrogen (secondary N) is 2. The van der Waals surface area contributed by atoms with E-state index >= 15 is 0 Å². The highest BCUT2D eigenvalue weighted by molar-refractivity contribution is 5.74. The van der Waals surface area contributed by atoms with Crippen LogP contribution in [-0.2, 0) is 6.42 Å². The summed E-state index contributed by atoms with van der Waals surface area (Å²) in [6.45, 7) is 0.587. The van der Waals surface area contributed by atoms with Crippen molar-refractivity contribution in [1.82, 2.24) is 10.6 Å². The van der Waals surface area contributed by atoms with Crippen molar-refractivity contribution < 1.29 is 9.53 Å². The van der Waals surface area contributed by atoms with Gasteiger partial charge < -0.3 is 15.4 Å². The van der Waals surface area contributed by atoms with Gasteiger partial charge in [0, 0.05) is 12.7 Å². The van der Waals surface area contributed by atoms with Gasteiger partial charge in [0.25, 0.3) is 0 Å². The van der Waals surface area contributed by atoms with E-state index < -0.39 is 0 Å². The highest BCUT2D eigenvalue weighted by Crippen LogP contribution is 2.25. The third-order valence-corrected chi connectivity index (χ3v) is 3.86. The van der Waals surface area contributed by atoms with Gasteiger partial charge in [0.2, 0.25) is 0 Å². The van der Waals surface area contributed by atoms with Crippen LogP contribution in [0.4, 0.5) is 4.79 Å². The molecule has 2 rings (SSSR count). The zero-order valence-electron chi connectivity index (χ0n) is 12.6. The van der Waals surface area contributed by atoms with Gasteiger partial charge in [0.1, 0.15) is 5.75 Å². The van der Waals surface area contributed by atoms with E-state index in [9.17, 15) is 4.79 Å². The second-order valence-electron chi connectivity index (χ2n) is 5.37. The van der Waals surface area contributed by atoms with Gasteiger partial charge in [-0.05, 0) is 36.8 Å². The Morgan fingerprint density at radius 3 is 2.86 bits per heavy atom. The molecule has 1 aromatic rings. The molecule has 0 heterocycles. The normalized spacial score (nSPS) is 15.3. The number of hydrogen-bond donors (Lipinski definition) is 2. The molecule has 2 amide bonds. The third kappa shape index (κ3) is 5.14. The number of para-hydroxylation sites is 1. The van der Waals surface area contributed by atoms with E-state index in [1.165, 1.54) is 25.7 Å². The lowest BCUT2D eigenvalue weighted by Gasteiger charge is -2.09. The van der Waals surface area contributed by atoms with Crippen LogP contribution >= 0.6 is 0 Å². The average molecular weight is 288 g/mol. The first-order valence-electron chi connectivity index (χ1n) is 7.62. The molecule has 0 unspecified atom stereocenters. The van der Waals surface area contributed by atoms with Gasteiger partial charge in [-0.2, -0.15) is 0 Å². The smallest absolute Gasteiger partial charge is 0.318 e. The molecule has 0 aliphatic heterocycles. The van der Waals surface area contributed by atoms with E-state index in [2.05, 4.69) is 16.7 Å². The Balaban J connectivity index is 1.66. The summed E-state index contributed by atoms with van der Waals surface area (Å²) in [5.41, 5.74) is 1.10. The summed E-state index contributed by atoms with van der Waals surface area (Å²) in [7, 11) is 1.66. The number of ether oxygens (including phenoxy) is 1. The van der Waals surface area contributed by atoms with E-state index in [1.807, 2.05) is 24.3 Å². The van der Waals surface area contributed by atoms with E-state index in [0.717, 1.165) is 17.7 Å². The minimum atomic E-state index is -0.154. The monoisotopic (exact) mass is 288 g/mol. The minimum absolute atomic E-state index is 0.154. The Bertz CT molecular complexity index is 479. The van der Waals surface area contributed by atoms with Gasteiger partial charge >= 0.3 is 6.03 Å². The summed E-state index contributed by atoms with van der Waals surface area (Å²) in [5, 5.41) is 5.61. The van der Waals surface area contributed by atoms with E-state index in [0.29, 0.717) is 12.5 Å². The molecule has 21 heavy (non-hydrogen) atoms. The summed E-state index contributed by atoms with van der Waals surface area (Å²) in [4.78, 5) is 11.7. The van der Waals surface area contributed by atoms with Gasteiger partial charge in [0.15, 0.2) is 0 Å². The molecule has 1 aromatic carbocycles. The molecule has 4 heteroatoms. The standard InChI is InChI=1S/C17H24N2O2/c1-21-16-9-5-4-8-15(16)11-13-19-17(20)18-12-10-14-6-2-3-7-14/h4-5,8-10,12,14H,2-3,6-7,11,13H2,1H3,(H2,18,19,20)/b12-10+. The van der Waals surface area contributed by atoms with Crippen LogP contribution in [0.25, 0.3) is 0 Å². The molecule has 1 saturated carbocycles. The maximum Gasteiger partial charge on any atom is 0.318 e. The highest BCUT2D eigenvalue weighted by atomic mass is 16.5. The van der Waals surface area contributed by atoms with Crippen molar-refractivity contribution in [2.75, 3.05) is 13.7 Å². The van der Waals surface area contributed by atoms with Crippen molar-refractivity contribution in [3.8, 4) is 5.75 Å². The Morgan fingerprint density at radius 2 is 2.10 bits per heavy atom. The van der Waals surface area contributed by atoms with Gasteiger partial charge in [0.05, 0.1) is 7.11 Å².